The normalized spacial score (nSPS) is 21.0. The second-order valence-corrected chi connectivity index (χ2v) is 7.81. The van der Waals surface area contributed by atoms with Crippen molar-refractivity contribution in [1.82, 2.24) is 9.80 Å². The zero-order chi connectivity index (χ0) is 20.4. The van der Waals surface area contributed by atoms with Crippen molar-refractivity contribution in [2.75, 3.05) is 32.8 Å². The van der Waals surface area contributed by atoms with Crippen LogP contribution in [0.25, 0.3) is 0 Å². The van der Waals surface area contributed by atoms with Crippen LogP contribution in [0.5, 0.6) is 5.75 Å². The van der Waals surface area contributed by atoms with Crippen LogP contribution in [0.3, 0.4) is 0 Å². The number of benzene rings is 2. The number of aryl methyl sites for hydroxylation is 1. The fourth-order valence-corrected chi connectivity index (χ4v) is 3.83. The summed E-state index contributed by atoms with van der Waals surface area (Å²) in [6.07, 6.45) is 0.813. The van der Waals surface area contributed by atoms with Gasteiger partial charge in [-0.1, -0.05) is 29.8 Å². The Morgan fingerprint density at radius 2 is 1.59 bits per heavy atom. The Balaban J connectivity index is 1.23. The van der Waals surface area contributed by atoms with E-state index in [-0.39, 0.29) is 36.1 Å². The minimum absolute atomic E-state index is 0.00622. The first-order valence-corrected chi connectivity index (χ1v) is 10.0. The molecule has 152 valence electrons. The van der Waals surface area contributed by atoms with Gasteiger partial charge in [-0.15, -0.1) is 0 Å². The molecule has 0 radical (unpaired) electrons. The highest BCUT2D eigenvalue weighted by atomic mass is 19.1. The molecule has 2 fully saturated rings. The highest BCUT2D eigenvalue weighted by Gasteiger charge is 2.46. The third-order valence-electron chi connectivity index (χ3n) is 5.73. The number of carbonyl (C=O) groups excluding carboxylic acids is 2. The lowest BCUT2D eigenvalue weighted by Crippen LogP contribution is -2.52. The number of nitrogens with zero attached hydrogens (tertiary/aromatic N) is 2. The number of hydrogen-bond donors (Lipinski definition) is 0. The lowest BCUT2D eigenvalue weighted by Gasteiger charge is -2.35. The van der Waals surface area contributed by atoms with E-state index in [4.69, 9.17) is 4.74 Å². The summed E-state index contributed by atoms with van der Waals surface area (Å²) in [7, 11) is 0. The van der Waals surface area contributed by atoms with Gasteiger partial charge in [0.25, 0.3) is 5.91 Å². The fraction of sp³-hybridized carbons (Fsp3) is 0.391. The van der Waals surface area contributed by atoms with E-state index in [9.17, 15) is 14.0 Å². The lowest BCUT2D eigenvalue weighted by atomic mass is 10.1. The monoisotopic (exact) mass is 396 g/mol. The Morgan fingerprint density at radius 1 is 0.966 bits per heavy atom. The quantitative estimate of drug-likeness (QED) is 0.781. The molecule has 0 bridgehead atoms. The summed E-state index contributed by atoms with van der Waals surface area (Å²) >= 11 is 0. The van der Waals surface area contributed by atoms with Gasteiger partial charge in [0.15, 0.2) is 6.61 Å². The Bertz CT molecular complexity index is 874. The molecule has 2 amide bonds. The minimum Gasteiger partial charge on any atom is -0.484 e. The van der Waals surface area contributed by atoms with Crippen molar-refractivity contribution in [3.63, 3.8) is 0 Å². The maximum Gasteiger partial charge on any atom is 0.260 e. The number of hydrogen-bond acceptors (Lipinski definition) is 3. The highest BCUT2D eigenvalue weighted by molar-refractivity contribution is 5.83. The van der Waals surface area contributed by atoms with E-state index in [1.165, 1.54) is 12.1 Å². The first-order chi connectivity index (χ1) is 14.0. The van der Waals surface area contributed by atoms with Crippen LogP contribution in [0.4, 0.5) is 4.39 Å². The smallest absolute Gasteiger partial charge is 0.260 e. The topological polar surface area (TPSA) is 49.9 Å². The molecule has 1 aliphatic carbocycles. The van der Waals surface area contributed by atoms with Gasteiger partial charge >= 0.3 is 0 Å². The van der Waals surface area contributed by atoms with Gasteiger partial charge in [-0.25, -0.2) is 4.39 Å². The molecule has 2 unspecified atom stereocenters. The third kappa shape index (κ3) is 4.58. The summed E-state index contributed by atoms with van der Waals surface area (Å²) in [4.78, 5) is 28.7. The minimum atomic E-state index is -0.260. The SMILES string of the molecule is Cc1ccc(OCC(=O)N2CCN(C(=O)C3CC3c3ccc(F)cc3)CC2)cc1. The molecule has 0 spiro atoms. The highest BCUT2D eigenvalue weighted by Crippen LogP contribution is 2.48. The van der Waals surface area contributed by atoms with Crippen molar-refractivity contribution >= 4 is 11.8 Å². The lowest BCUT2D eigenvalue weighted by molar-refractivity contribution is -0.141. The molecule has 2 aliphatic rings. The molecular formula is C23H25FN2O3. The summed E-state index contributed by atoms with van der Waals surface area (Å²) in [6, 6.07) is 14.0. The summed E-state index contributed by atoms with van der Waals surface area (Å²) in [5.41, 5.74) is 2.16. The largest absolute Gasteiger partial charge is 0.484 e. The van der Waals surface area contributed by atoms with Crippen molar-refractivity contribution < 1.29 is 18.7 Å². The Labute approximate surface area is 170 Å². The van der Waals surface area contributed by atoms with Crippen molar-refractivity contribution in [1.29, 1.82) is 0 Å². The van der Waals surface area contributed by atoms with Gasteiger partial charge in [0.2, 0.25) is 5.91 Å². The molecule has 5 nitrogen and oxygen atoms in total. The number of ether oxygens (including phenoxy) is 1. The van der Waals surface area contributed by atoms with Crippen LogP contribution in [0.2, 0.25) is 0 Å². The maximum atomic E-state index is 13.1. The van der Waals surface area contributed by atoms with Gasteiger partial charge in [0.05, 0.1) is 0 Å². The summed E-state index contributed by atoms with van der Waals surface area (Å²) in [5, 5.41) is 0. The number of halogens is 1. The molecule has 1 saturated heterocycles. The summed E-state index contributed by atoms with van der Waals surface area (Å²) in [5.74, 6) is 0.664. The van der Waals surface area contributed by atoms with Crippen LogP contribution in [0, 0.1) is 18.7 Å². The van der Waals surface area contributed by atoms with E-state index in [1.807, 2.05) is 36.1 Å². The second-order valence-electron chi connectivity index (χ2n) is 7.81. The van der Waals surface area contributed by atoms with Gasteiger partial charge in [-0.2, -0.15) is 0 Å². The molecule has 1 aliphatic heterocycles. The number of carbonyl (C=O) groups is 2. The molecule has 2 atom stereocenters. The van der Waals surface area contributed by atoms with E-state index in [0.717, 1.165) is 17.5 Å². The van der Waals surface area contributed by atoms with Crippen LogP contribution in [-0.4, -0.2) is 54.4 Å². The van der Waals surface area contributed by atoms with Crippen molar-refractivity contribution in [3.8, 4) is 5.75 Å². The van der Waals surface area contributed by atoms with Crippen LogP contribution in [0.1, 0.15) is 23.5 Å². The van der Waals surface area contributed by atoms with Gasteiger partial charge in [-0.3, -0.25) is 9.59 Å². The van der Waals surface area contributed by atoms with Gasteiger partial charge in [-0.05, 0) is 49.1 Å². The maximum absolute atomic E-state index is 13.1. The molecule has 4 rings (SSSR count). The average Bonchev–Trinajstić information content (AvgIpc) is 3.54. The Morgan fingerprint density at radius 3 is 2.24 bits per heavy atom. The molecular weight excluding hydrogens is 371 g/mol. The van der Waals surface area contributed by atoms with Gasteiger partial charge < -0.3 is 14.5 Å². The molecule has 29 heavy (non-hydrogen) atoms. The number of amides is 2. The van der Waals surface area contributed by atoms with E-state index in [0.29, 0.717) is 31.9 Å². The number of rotatable bonds is 5. The average molecular weight is 396 g/mol. The third-order valence-corrected chi connectivity index (χ3v) is 5.73. The van der Waals surface area contributed by atoms with Crippen LogP contribution in [0.15, 0.2) is 48.5 Å². The van der Waals surface area contributed by atoms with Crippen LogP contribution in [-0.2, 0) is 9.59 Å². The van der Waals surface area contributed by atoms with Crippen LogP contribution < -0.4 is 4.74 Å². The predicted octanol–water partition coefficient (Wildman–Crippen LogP) is 2.99. The molecule has 0 aromatic heterocycles. The zero-order valence-electron chi connectivity index (χ0n) is 16.5. The van der Waals surface area contributed by atoms with E-state index >= 15 is 0 Å². The summed E-state index contributed by atoms with van der Waals surface area (Å²) < 4.78 is 18.6. The van der Waals surface area contributed by atoms with Crippen molar-refractivity contribution in [2.45, 2.75) is 19.3 Å². The van der Waals surface area contributed by atoms with Gasteiger partial charge in [0.1, 0.15) is 11.6 Å². The molecule has 6 heteroatoms. The zero-order valence-corrected chi connectivity index (χ0v) is 16.5. The van der Waals surface area contributed by atoms with E-state index < -0.39 is 0 Å². The van der Waals surface area contributed by atoms with E-state index in [2.05, 4.69) is 0 Å². The molecule has 0 N–H and O–H groups in total. The first kappa shape index (κ1) is 19.4. The van der Waals surface area contributed by atoms with Crippen LogP contribution >= 0.6 is 0 Å². The van der Waals surface area contributed by atoms with Gasteiger partial charge in [0, 0.05) is 32.1 Å². The second kappa shape index (κ2) is 8.23. The molecule has 2 aromatic rings. The Hall–Kier alpha value is -2.89. The standard InChI is InChI=1S/C23H25FN2O3/c1-16-2-8-19(9-3-16)29-15-22(27)25-10-12-26(13-11-25)23(28)21-14-20(21)17-4-6-18(24)7-5-17/h2-9,20-21H,10-15H2,1H3. The molecule has 1 heterocycles. The molecule has 1 saturated carbocycles. The summed E-state index contributed by atoms with van der Waals surface area (Å²) in [6.45, 7) is 4.14. The van der Waals surface area contributed by atoms with Crippen molar-refractivity contribution in [3.05, 3.63) is 65.5 Å². The Kier molecular flexibility index (Phi) is 5.51. The predicted molar refractivity (Wildman–Crippen MR) is 107 cm³/mol. The van der Waals surface area contributed by atoms with E-state index in [1.54, 1.807) is 17.0 Å². The number of piperazine rings is 1. The fourth-order valence-electron chi connectivity index (χ4n) is 3.83. The first-order valence-electron chi connectivity index (χ1n) is 10.0. The molecule has 2 aromatic carbocycles. The van der Waals surface area contributed by atoms with Crippen molar-refractivity contribution in [2.24, 2.45) is 5.92 Å².